The molecule has 2 aromatic heterocycles. The molecule has 4 rings (SSSR count). The number of aromatic nitrogens is 1. The number of pyridine rings is 1. The van der Waals surface area contributed by atoms with E-state index in [-0.39, 0.29) is 10.7 Å². The highest BCUT2D eigenvalue weighted by Crippen LogP contribution is 2.37. The van der Waals surface area contributed by atoms with Gasteiger partial charge in [-0.3, -0.25) is 4.79 Å². The van der Waals surface area contributed by atoms with E-state index in [0.29, 0.717) is 17.9 Å². The number of esters is 1. The molecule has 1 aliphatic rings. The molecule has 1 amide bonds. The summed E-state index contributed by atoms with van der Waals surface area (Å²) in [6.45, 7) is -0.491. The molecule has 3 heterocycles. The van der Waals surface area contributed by atoms with E-state index in [9.17, 15) is 9.59 Å². The molecule has 0 bridgehead atoms. The quantitative estimate of drug-likeness (QED) is 0.365. The lowest BCUT2D eigenvalue weighted by atomic mass is 10.0. The fraction of sp³-hybridized carbons (Fsp3) is 0.217. The molecule has 8 nitrogen and oxygen atoms in total. The summed E-state index contributed by atoms with van der Waals surface area (Å²) in [4.78, 5) is 30.3. The topological polar surface area (TPSA) is 90.3 Å². The van der Waals surface area contributed by atoms with Gasteiger partial charge in [-0.2, -0.15) is 5.10 Å². The van der Waals surface area contributed by atoms with E-state index in [1.807, 2.05) is 29.6 Å². The summed E-state index contributed by atoms with van der Waals surface area (Å²) < 4.78 is 15.9. The third-order valence-corrected chi connectivity index (χ3v) is 6.29. The second-order valence-corrected chi connectivity index (χ2v) is 8.32. The molecule has 0 saturated heterocycles. The van der Waals surface area contributed by atoms with Crippen molar-refractivity contribution >= 4 is 40.5 Å². The zero-order valence-corrected chi connectivity index (χ0v) is 19.4. The highest BCUT2D eigenvalue weighted by Gasteiger charge is 2.34. The molecule has 1 aliphatic heterocycles. The maximum Gasteiger partial charge on any atom is 0.341 e. The zero-order chi connectivity index (χ0) is 23.4. The molecule has 10 heteroatoms. The maximum atomic E-state index is 13.1. The summed E-state index contributed by atoms with van der Waals surface area (Å²) in [6.07, 6.45) is 1.97. The Labute approximate surface area is 199 Å². The van der Waals surface area contributed by atoms with E-state index < -0.39 is 24.5 Å². The van der Waals surface area contributed by atoms with Crippen LogP contribution in [0.2, 0.25) is 5.15 Å². The van der Waals surface area contributed by atoms with Gasteiger partial charge in [0.1, 0.15) is 5.15 Å². The first-order valence-electron chi connectivity index (χ1n) is 9.94. The Balaban J connectivity index is 1.57. The third-order valence-electron chi connectivity index (χ3n) is 5.07. The molecule has 1 unspecified atom stereocenters. The number of carbonyl (C=O) groups is 2. The van der Waals surface area contributed by atoms with Gasteiger partial charge in [0, 0.05) is 12.6 Å². The van der Waals surface area contributed by atoms with Crippen molar-refractivity contribution in [1.82, 2.24) is 9.99 Å². The van der Waals surface area contributed by atoms with Gasteiger partial charge in [0.15, 0.2) is 18.1 Å². The SMILES string of the molecule is COc1ccc(C2CC(c3cccs3)=NN2C(=O)COC(=O)c2cccnc2Cl)cc1OC. The fourth-order valence-corrected chi connectivity index (χ4v) is 4.38. The number of benzene rings is 1. The van der Waals surface area contributed by atoms with Crippen LogP contribution in [0.1, 0.15) is 33.3 Å². The van der Waals surface area contributed by atoms with Crippen LogP contribution < -0.4 is 9.47 Å². The van der Waals surface area contributed by atoms with Crippen LogP contribution in [0.4, 0.5) is 0 Å². The lowest BCUT2D eigenvalue weighted by molar-refractivity contribution is -0.136. The highest BCUT2D eigenvalue weighted by molar-refractivity contribution is 7.12. The molecule has 0 aliphatic carbocycles. The van der Waals surface area contributed by atoms with Crippen LogP contribution in [0, 0.1) is 0 Å². The Morgan fingerprint density at radius 2 is 1.97 bits per heavy atom. The molecule has 170 valence electrons. The molecular formula is C23H20ClN3O5S. The number of methoxy groups -OCH3 is 2. The highest BCUT2D eigenvalue weighted by atomic mass is 35.5. The molecule has 33 heavy (non-hydrogen) atoms. The third kappa shape index (κ3) is 4.84. The summed E-state index contributed by atoms with van der Waals surface area (Å²) in [5.74, 6) is -0.0658. The smallest absolute Gasteiger partial charge is 0.341 e. The first-order valence-corrected chi connectivity index (χ1v) is 11.2. The van der Waals surface area contributed by atoms with Crippen LogP contribution in [-0.2, 0) is 9.53 Å². The van der Waals surface area contributed by atoms with Crippen molar-refractivity contribution in [2.75, 3.05) is 20.8 Å². The average molecular weight is 486 g/mol. The summed E-state index contributed by atoms with van der Waals surface area (Å²) in [5.41, 5.74) is 1.69. The van der Waals surface area contributed by atoms with Crippen molar-refractivity contribution in [3.63, 3.8) is 0 Å². The Kier molecular flexibility index (Phi) is 6.90. The Bertz CT molecular complexity index is 1200. The average Bonchev–Trinajstić information content (AvgIpc) is 3.52. The summed E-state index contributed by atoms with van der Waals surface area (Å²) >= 11 is 7.49. The summed E-state index contributed by atoms with van der Waals surface area (Å²) in [7, 11) is 3.11. The van der Waals surface area contributed by atoms with E-state index >= 15 is 0 Å². The predicted octanol–water partition coefficient (Wildman–Crippen LogP) is 4.35. The Morgan fingerprint density at radius 3 is 2.67 bits per heavy atom. The Hall–Kier alpha value is -3.43. The number of carbonyl (C=O) groups excluding carboxylic acids is 2. The number of thiophene rings is 1. The molecular weight excluding hydrogens is 466 g/mol. The minimum Gasteiger partial charge on any atom is -0.493 e. The first kappa shape index (κ1) is 22.8. The largest absolute Gasteiger partial charge is 0.493 e. The molecule has 0 spiro atoms. The van der Waals surface area contributed by atoms with Crippen molar-refractivity contribution in [2.45, 2.75) is 12.5 Å². The van der Waals surface area contributed by atoms with E-state index in [4.69, 9.17) is 25.8 Å². The lowest BCUT2D eigenvalue weighted by Gasteiger charge is -2.22. The molecule has 0 radical (unpaired) electrons. The molecule has 0 N–H and O–H groups in total. The number of hydrogen-bond donors (Lipinski definition) is 0. The molecule has 0 saturated carbocycles. The van der Waals surface area contributed by atoms with Gasteiger partial charge in [0.25, 0.3) is 5.91 Å². The van der Waals surface area contributed by atoms with Crippen molar-refractivity contribution < 1.29 is 23.8 Å². The van der Waals surface area contributed by atoms with Crippen molar-refractivity contribution in [3.05, 3.63) is 75.2 Å². The van der Waals surface area contributed by atoms with E-state index in [2.05, 4.69) is 10.1 Å². The number of halogens is 1. The van der Waals surface area contributed by atoms with Gasteiger partial charge in [-0.1, -0.05) is 23.7 Å². The van der Waals surface area contributed by atoms with Crippen molar-refractivity contribution in [1.29, 1.82) is 0 Å². The zero-order valence-electron chi connectivity index (χ0n) is 17.9. The maximum absolute atomic E-state index is 13.1. The van der Waals surface area contributed by atoms with Crippen LogP contribution >= 0.6 is 22.9 Å². The standard InChI is InChI=1S/C23H20ClN3O5S/c1-30-18-8-7-14(11-19(18)31-2)17-12-16(20-6-4-10-33-20)26-27(17)21(28)13-32-23(29)15-5-3-9-25-22(15)24/h3-11,17H,12-13H2,1-2H3. The minimum atomic E-state index is -0.731. The number of rotatable bonds is 7. The van der Waals surface area contributed by atoms with E-state index in [1.54, 1.807) is 37.7 Å². The minimum absolute atomic E-state index is 0.0114. The van der Waals surface area contributed by atoms with Gasteiger partial charge in [0.05, 0.1) is 36.4 Å². The van der Waals surface area contributed by atoms with Gasteiger partial charge in [-0.15, -0.1) is 11.3 Å². The van der Waals surface area contributed by atoms with Crippen LogP contribution in [0.15, 0.2) is 59.1 Å². The van der Waals surface area contributed by atoms with Crippen molar-refractivity contribution in [3.8, 4) is 11.5 Å². The van der Waals surface area contributed by atoms with Crippen LogP contribution in [0.25, 0.3) is 0 Å². The van der Waals surface area contributed by atoms with Crippen LogP contribution in [-0.4, -0.2) is 48.4 Å². The number of hydrazone groups is 1. The molecule has 1 atom stereocenters. The Morgan fingerprint density at radius 1 is 1.15 bits per heavy atom. The lowest BCUT2D eigenvalue weighted by Crippen LogP contribution is -2.31. The number of ether oxygens (including phenoxy) is 3. The molecule has 1 aromatic carbocycles. The van der Waals surface area contributed by atoms with Gasteiger partial charge >= 0.3 is 5.97 Å². The summed E-state index contributed by atoms with van der Waals surface area (Å²) in [5, 5.41) is 7.88. The van der Waals surface area contributed by atoms with Gasteiger partial charge in [0.2, 0.25) is 0 Å². The van der Waals surface area contributed by atoms with Gasteiger partial charge in [-0.05, 0) is 41.3 Å². The number of amides is 1. The normalized spacial score (nSPS) is 15.2. The van der Waals surface area contributed by atoms with Gasteiger partial charge in [-0.25, -0.2) is 14.8 Å². The second kappa shape index (κ2) is 10.0. The van der Waals surface area contributed by atoms with E-state index in [0.717, 1.165) is 16.2 Å². The predicted molar refractivity (Wildman–Crippen MR) is 124 cm³/mol. The van der Waals surface area contributed by atoms with Crippen LogP contribution in [0.5, 0.6) is 11.5 Å². The van der Waals surface area contributed by atoms with Crippen molar-refractivity contribution in [2.24, 2.45) is 5.10 Å². The summed E-state index contributed by atoms with van der Waals surface area (Å²) in [6, 6.07) is 12.0. The van der Waals surface area contributed by atoms with E-state index in [1.165, 1.54) is 17.3 Å². The first-order chi connectivity index (χ1) is 16.0. The number of nitrogens with zero attached hydrogens (tertiary/aromatic N) is 3. The van der Waals surface area contributed by atoms with Gasteiger partial charge < -0.3 is 14.2 Å². The molecule has 0 fully saturated rings. The number of hydrogen-bond acceptors (Lipinski definition) is 8. The monoisotopic (exact) mass is 485 g/mol. The second-order valence-electron chi connectivity index (χ2n) is 7.01. The molecule has 3 aromatic rings. The van der Waals surface area contributed by atoms with Crippen LogP contribution in [0.3, 0.4) is 0 Å². The fourth-order valence-electron chi connectivity index (χ4n) is 3.46.